The summed E-state index contributed by atoms with van der Waals surface area (Å²) in [6, 6.07) is 12.6. The molecule has 1 aromatic heterocycles. The number of halogens is 1. The van der Waals surface area contributed by atoms with Gasteiger partial charge in [-0.05, 0) is 18.2 Å². The monoisotopic (exact) mass is 286 g/mol. The molecule has 100 valence electrons. The average Bonchev–Trinajstić information content (AvgIpc) is 2.48. The van der Waals surface area contributed by atoms with Gasteiger partial charge in [0.25, 0.3) is 5.56 Å². The molecule has 0 saturated heterocycles. The smallest absolute Gasteiger partial charge is 0.267 e. The van der Waals surface area contributed by atoms with E-state index < -0.39 is 0 Å². The van der Waals surface area contributed by atoms with Gasteiger partial charge in [-0.25, -0.2) is 4.98 Å². The van der Waals surface area contributed by atoms with Crippen molar-refractivity contribution in [1.82, 2.24) is 9.55 Å². The molecular weight excluding hydrogens is 276 g/mol. The third kappa shape index (κ3) is 2.04. The zero-order chi connectivity index (χ0) is 14.1. The van der Waals surface area contributed by atoms with Crippen molar-refractivity contribution >= 4 is 22.5 Å². The highest BCUT2D eigenvalue weighted by Crippen LogP contribution is 2.25. The summed E-state index contributed by atoms with van der Waals surface area (Å²) >= 11 is 6.17. The minimum atomic E-state index is -0.200. The van der Waals surface area contributed by atoms with Crippen LogP contribution in [0.4, 0.5) is 0 Å². The van der Waals surface area contributed by atoms with Crippen LogP contribution in [0.2, 0.25) is 5.02 Å². The Balaban J connectivity index is 2.32. The standard InChI is InChI=1S/C15H11ClN2O2/c1-20-11-7-12(16)14-13(8-11)17-9-18(15(14)19)10-5-3-2-4-6-10/h2-9H,1H3. The van der Waals surface area contributed by atoms with Crippen molar-refractivity contribution in [3.63, 3.8) is 0 Å². The second-order valence-electron chi connectivity index (χ2n) is 4.26. The Morgan fingerprint density at radius 2 is 1.95 bits per heavy atom. The lowest BCUT2D eigenvalue weighted by Crippen LogP contribution is -2.19. The number of nitrogens with zero attached hydrogens (tertiary/aromatic N) is 2. The van der Waals surface area contributed by atoms with Gasteiger partial charge >= 0.3 is 0 Å². The first-order valence-corrected chi connectivity index (χ1v) is 6.39. The van der Waals surface area contributed by atoms with Gasteiger partial charge in [0.1, 0.15) is 12.1 Å². The largest absolute Gasteiger partial charge is 0.497 e. The Bertz CT molecular complexity index is 828. The summed E-state index contributed by atoms with van der Waals surface area (Å²) in [6.07, 6.45) is 1.50. The molecule has 0 aliphatic rings. The summed E-state index contributed by atoms with van der Waals surface area (Å²) in [6.45, 7) is 0. The van der Waals surface area contributed by atoms with E-state index in [2.05, 4.69) is 4.98 Å². The molecule has 3 rings (SSSR count). The molecule has 0 spiro atoms. The van der Waals surface area contributed by atoms with Crippen molar-refractivity contribution < 1.29 is 4.74 Å². The number of aromatic nitrogens is 2. The van der Waals surface area contributed by atoms with Gasteiger partial charge in [0.2, 0.25) is 0 Å². The first-order chi connectivity index (χ1) is 9.70. The molecule has 4 nitrogen and oxygen atoms in total. The van der Waals surface area contributed by atoms with Crippen LogP contribution in [0.15, 0.2) is 53.6 Å². The Morgan fingerprint density at radius 3 is 2.65 bits per heavy atom. The minimum absolute atomic E-state index is 0.200. The number of rotatable bonds is 2. The number of hydrogen-bond acceptors (Lipinski definition) is 3. The van der Waals surface area contributed by atoms with Gasteiger partial charge in [0.15, 0.2) is 0 Å². The molecule has 0 bridgehead atoms. The summed E-state index contributed by atoms with van der Waals surface area (Å²) in [5, 5.41) is 0.723. The fourth-order valence-corrected chi connectivity index (χ4v) is 2.35. The maximum Gasteiger partial charge on any atom is 0.267 e. The quantitative estimate of drug-likeness (QED) is 0.727. The van der Waals surface area contributed by atoms with Gasteiger partial charge < -0.3 is 4.74 Å². The van der Waals surface area contributed by atoms with Crippen molar-refractivity contribution in [2.24, 2.45) is 0 Å². The van der Waals surface area contributed by atoms with Crippen LogP contribution in [0, 0.1) is 0 Å². The molecule has 1 heterocycles. The predicted octanol–water partition coefficient (Wildman–Crippen LogP) is 3.05. The van der Waals surface area contributed by atoms with Crippen molar-refractivity contribution in [2.75, 3.05) is 7.11 Å². The Labute approximate surface area is 120 Å². The summed E-state index contributed by atoms with van der Waals surface area (Å²) in [4.78, 5) is 16.8. The fourth-order valence-electron chi connectivity index (χ4n) is 2.06. The van der Waals surface area contributed by atoms with E-state index in [4.69, 9.17) is 16.3 Å². The molecule has 0 aliphatic heterocycles. The lowest BCUT2D eigenvalue weighted by Gasteiger charge is -2.08. The molecule has 0 saturated carbocycles. The molecule has 0 amide bonds. The predicted molar refractivity (Wildman–Crippen MR) is 78.9 cm³/mol. The van der Waals surface area contributed by atoms with E-state index in [1.165, 1.54) is 10.9 Å². The molecule has 2 aromatic carbocycles. The van der Waals surface area contributed by atoms with E-state index in [1.807, 2.05) is 30.3 Å². The molecule has 20 heavy (non-hydrogen) atoms. The van der Waals surface area contributed by atoms with Crippen molar-refractivity contribution in [3.8, 4) is 11.4 Å². The van der Waals surface area contributed by atoms with Crippen LogP contribution in [0.3, 0.4) is 0 Å². The summed E-state index contributed by atoms with van der Waals surface area (Å²) in [7, 11) is 1.54. The van der Waals surface area contributed by atoms with Crippen LogP contribution >= 0.6 is 11.6 Å². The Morgan fingerprint density at radius 1 is 1.20 bits per heavy atom. The molecule has 5 heteroatoms. The fraction of sp³-hybridized carbons (Fsp3) is 0.0667. The van der Waals surface area contributed by atoms with E-state index in [9.17, 15) is 4.79 Å². The van der Waals surface area contributed by atoms with E-state index in [-0.39, 0.29) is 5.56 Å². The molecule has 0 radical (unpaired) electrons. The second kappa shape index (κ2) is 4.98. The number of para-hydroxylation sites is 1. The van der Waals surface area contributed by atoms with Crippen LogP contribution < -0.4 is 10.3 Å². The van der Waals surface area contributed by atoms with E-state index in [0.717, 1.165) is 5.69 Å². The molecular formula is C15H11ClN2O2. The molecule has 0 unspecified atom stereocenters. The van der Waals surface area contributed by atoms with E-state index >= 15 is 0 Å². The molecule has 3 aromatic rings. The van der Waals surface area contributed by atoms with Gasteiger partial charge in [-0.1, -0.05) is 29.8 Å². The highest BCUT2D eigenvalue weighted by Gasteiger charge is 2.11. The first-order valence-electron chi connectivity index (χ1n) is 6.01. The third-order valence-corrected chi connectivity index (χ3v) is 3.36. The zero-order valence-electron chi connectivity index (χ0n) is 10.7. The summed E-state index contributed by atoms with van der Waals surface area (Å²) < 4.78 is 6.60. The van der Waals surface area contributed by atoms with Crippen LogP contribution in [0.1, 0.15) is 0 Å². The van der Waals surface area contributed by atoms with Gasteiger partial charge in [-0.3, -0.25) is 9.36 Å². The van der Waals surface area contributed by atoms with Crippen LogP contribution in [0.25, 0.3) is 16.6 Å². The molecule has 0 atom stereocenters. The number of hydrogen-bond donors (Lipinski definition) is 0. The maximum absolute atomic E-state index is 12.5. The van der Waals surface area contributed by atoms with Crippen LogP contribution in [-0.4, -0.2) is 16.7 Å². The highest BCUT2D eigenvalue weighted by atomic mass is 35.5. The van der Waals surface area contributed by atoms with E-state index in [0.29, 0.717) is 21.7 Å². The first kappa shape index (κ1) is 12.7. The topological polar surface area (TPSA) is 44.1 Å². The Kier molecular flexibility index (Phi) is 3.16. The van der Waals surface area contributed by atoms with Gasteiger partial charge in [-0.2, -0.15) is 0 Å². The normalized spacial score (nSPS) is 10.7. The minimum Gasteiger partial charge on any atom is -0.497 e. The number of methoxy groups -OCH3 is 1. The van der Waals surface area contributed by atoms with Crippen molar-refractivity contribution in [1.29, 1.82) is 0 Å². The Hall–Kier alpha value is -2.33. The van der Waals surface area contributed by atoms with Gasteiger partial charge in [0.05, 0.1) is 28.7 Å². The maximum atomic E-state index is 12.5. The van der Waals surface area contributed by atoms with Gasteiger partial charge in [-0.15, -0.1) is 0 Å². The number of fused-ring (bicyclic) bond motifs is 1. The number of ether oxygens (including phenoxy) is 1. The molecule has 0 N–H and O–H groups in total. The summed E-state index contributed by atoms with van der Waals surface area (Å²) in [5.41, 5.74) is 1.07. The highest BCUT2D eigenvalue weighted by molar-refractivity contribution is 6.35. The lowest BCUT2D eigenvalue weighted by molar-refractivity contribution is 0.415. The SMILES string of the molecule is COc1cc(Cl)c2c(=O)n(-c3ccccc3)cnc2c1. The van der Waals surface area contributed by atoms with Crippen LogP contribution in [0.5, 0.6) is 5.75 Å². The third-order valence-electron chi connectivity index (χ3n) is 3.06. The summed E-state index contributed by atoms with van der Waals surface area (Å²) in [5.74, 6) is 0.576. The second-order valence-corrected chi connectivity index (χ2v) is 4.67. The molecule has 0 fully saturated rings. The van der Waals surface area contributed by atoms with Crippen LogP contribution in [-0.2, 0) is 0 Å². The van der Waals surface area contributed by atoms with E-state index in [1.54, 1.807) is 19.2 Å². The average molecular weight is 287 g/mol. The van der Waals surface area contributed by atoms with Gasteiger partial charge in [0, 0.05) is 6.07 Å². The van der Waals surface area contributed by atoms with Crippen molar-refractivity contribution in [2.45, 2.75) is 0 Å². The number of benzene rings is 2. The van der Waals surface area contributed by atoms with Crippen molar-refractivity contribution in [3.05, 3.63) is 64.2 Å². The molecule has 0 aliphatic carbocycles. The zero-order valence-corrected chi connectivity index (χ0v) is 11.5. The lowest BCUT2D eigenvalue weighted by atomic mass is 10.2.